The maximum absolute atomic E-state index is 12.0. The molecule has 1 N–H and O–H groups in total. The van der Waals surface area contributed by atoms with Gasteiger partial charge in [0.2, 0.25) is 5.91 Å². The van der Waals surface area contributed by atoms with Crippen molar-refractivity contribution < 1.29 is 9.72 Å². The fourth-order valence-electron chi connectivity index (χ4n) is 1.99. The third-order valence-electron chi connectivity index (χ3n) is 3.03. The molecular weight excluding hydrogens is 370 g/mol. The quantitative estimate of drug-likeness (QED) is 0.398. The van der Waals surface area contributed by atoms with Gasteiger partial charge in [-0.15, -0.1) is 11.3 Å². The van der Waals surface area contributed by atoms with Gasteiger partial charge < -0.3 is 5.32 Å². The van der Waals surface area contributed by atoms with Crippen LogP contribution in [0.5, 0.6) is 0 Å². The first-order valence-corrected chi connectivity index (χ1v) is 8.93. The second-order valence-corrected chi connectivity index (χ2v) is 7.39. The fraction of sp³-hybridized carbons (Fsp3) is 0.0667. The Kier molecular flexibility index (Phi) is 4.98. The van der Waals surface area contributed by atoms with Crippen molar-refractivity contribution in [1.82, 2.24) is 4.98 Å². The standard InChI is InChI=1S/C15H10ClN3O3S2/c16-9-5-6-13-11(7-9)18-15(24-13)23-8-14(20)17-10-3-1-2-4-12(10)19(21)22/h1-7H,8H2,(H,17,20). The molecule has 0 fully saturated rings. The van der Waals surface area contributed by atoms with Crippen LogP contribution in [0.4, 0.5) is 11.4 Å². The van der Waals surface area contributed by atoms with Crippen LogP contribution in [-0.4, -0.2) is 21.6 Å². The lowest BCUT2D eigenvalue weighted by Crippen LogP contribution is -2.15. The van der Waals surface area contributed by atoms with Crippen molar-refractivity contribution in [1.29, 1.82) is 0 Å². The van der Waals surface area contributed by atoms with Crippen LogP contribution in [0.15, 0.2) is 46.8 Å². The van der Waals surface area contributed by atoms with E-state index in [4.69, 9.17) is 11.6 Å². The van der Waals surface area contributed by atoms with E-state index < -0.39 is 4.92 Å². The number of thioether (sulfide) groups is 1. The zero-order valence-electron chi connectivity index (χ0n) is 12.1. The summed E-state index contributed by atoms with van der Waals surface area (Å²) in [7, 11) is 0. The molecule has 6 nitrogen and oxygen atoms in total. The number of halogens is 1. The summed E-state index contributed by atoms with van der Waals surface area (Å²) in [6, 6.07) is 11.5. The van der Waals surface area contributed by atoms with E-state index in [9.17, 15) is 14.9 Å². The number of rotatable bonds is 5. The number of carbonyl (C=O) groups is 1. The lowest BCUT2D eigenvalue weighted by molar-refractivity contribution is -0.383. The molecule has 1 amide bonds. The Morgan fingerprint density at radius 3 is 2.92 bits per heavy atom. The van der Waals surface area contributed by atoms with Crippen molar-refractivity contribution in [2.75, 3.05) is 11.1 Å². The van der Waals surface area contributed by atoms with E-state index in [0.29, 0.717) is 5.02 Å². The van der Waals surface area contributed by atoms with Crippen molar-refractivity contribution in [2.24, 2.45) is 0 Å². The van der Waals surface area contributed by atoms with E-state index in [-0.39, 0.29) is 23.0 Å². The molecule has 3 rings (SSSR count). The minimum absolute atomic E-state index is 0.111. The highest BCUT2D eigenvalue weighted by molar-refractivity contribution is 8.01. The first-order valence-electron chi connectivity index (χ1n) is 6.75. The zero-order chi connectivity index (χ0) is 17.1. The van der Waals surface area contributed by atoms with Gasteiger partial charge in [0.15, 0.2) is 4.34 Å². The summed E-state index contributed by atoms with van der Waals surface area (Å²) in [6.07, 6.45) is 0. The molecule has 0 atom stereocenters. The lowest BCUT2D eigenvalue weighted by atomic mass is 10.2. The van der Waals surface area contributed by atoms with E-state index in [1.54, 1.807) is 24.3 Å². The minimum atomic E-state index is -0.528. The van der Waals surface area contributed by atoms with Gasteiger partial charge in [-0.1, -0.05) is 35.5 Å². The number of hydrogen-bond acceptors (Lipinski definition) is 6. The van der Waals surface area contributed by atoms with Crippen molar-refractivity contribution >= 4 is 62.2 Å². The molecule has 0 aliphatic rings. The monoisotopic (exact) mass is 379 g/mol. The molecule has 3 aromatic rings. The van der Waals surface area contributed by atoms with Crippen LogP contribution >= 0.6 is 34.7 Å². The number of nitro benzene ring substituents is 1. The molecule has 0 saturated heterocycles. The second kappa shape index (κ2) is 7.16. The van der Waals surface area contributed by atoms with Crippen LogP contribution in [0.1, 0.15) is 0 Å². The van der Waals surface area contributed by atoms with Gasteiger partial charge in [0.1, 0.15) is 5.69 Å². The number of anilines is 1. The maximum Gasteiger partial charge on any atom is 0.292 e. The van der Waals surface area contributed by atoms with Crippen molar-refractivity contribution in [3.05, 3.63) is 57.6 Å². The average Bonchev–Trinajstić information content (AvgIpc) is 2.95. The van der Waals surface area contributed by atoms with Gasteiger partial charge in [0.05, 0.1) is 20.9 Å². The number of nitro groups is 1. The van der Waals surface area contributed by atoms with Gasteiger partial charge in [-0.2, -0.15) is 0 Å². The third kappa shape index (κ3) is 3.84. The highest BCUT2D eigenvalue weighted by Crippen LogP contribution is 2.31. The van der Waals surface area contributed by atoms with Gasteiger partial charge in [-0.3, -0.25) is 14.9 Å². The van der Waals surface area contributed by atoms with Gasteiger partial charge >= 0.3 is 0 Å². The van der Waals surface area contributed by atoms with Gasteiger partial charge in [-0.25, -0.2) is 4.98 Å². The number of amides is 1. The molecule has 0 saturated carbocycles. The Balaban J connectivity index is 1.66. The number of benzene rings is 2. The lowest BCUT2D eigenvalue weighted by Gasteiger charge is -2.04. The van der Waals surface area contributed by atoms with E-state index >= 15 is 0 Å². The minimum Gasteiger partial charge on any atom is -0.320 e. The Hall–Kier alpha value is -2.16. The van der Waals surface area contributed by atoms with E-state index in [0.717, 1.165) is 14.6 Å². The van der Waals surface area contributed by atoms with E-state index in [2.05, 4.69) is 10.3 Å². The van der Waals surface area contributed by atoms with Crippen LogP contribution < -0.4 is 5.32 Å². The van der Waals surface area contributed by atoms with Gasteiger partial charge in [0, 0.05) is 11.1 Å². The van der Waals surface area contributed by atoms with E-state index in [1.165, 1.54) is 35.2 Å². The Morgan fingerprint density at radius 1 is 1.33 bits per heavy atom. The van der Waals surface area contributed by atoms with Crippen LogP contribution in [0.3, 0.4) is 0 Å². The molecule has 0 unspecified atom stereocenters. The molecule has 0 radical (unpaired) electrons. The smallest absolute Gasteiger partial charge is 0.292 e. The molecule has 24 heavy (non-hydrogen) atoms. The van der Waals surface area contributed by atoms with E-state index in [1.807, 2.05) is 6.07 Å². The first-order chi connectivity index (χ1) is 11.5. The third-order valence-corrected chi connectivity index (χ3v) is 5.45. The number of aromatic nitrogens is 1. The molecule has 9 heteroatoms. The summed E-state index contributed by atoms with van der Waals surface area (Å²) >= 11 is 8.67. The maximum atomic E-state index is 12.0. The van der Waals surface area contributed by atoms with Gasteiger partial charge in [-0.05, 0) is 24.3 Å². The molecule has 0 aliphatic carbocycles. The zero-order valence-corrected chi connectivity index (χ0v) is 14.5. The normalized spacial score (nSPS) is 10.7. The van der Waals surface area contributed by atoms with Crippen molar-refractivity contribution in [3.8, 4) is 0 Å². The SMILES string of the molecule is O=C(CSc1nc2cc(Cl)ccc2s1)Nc1ccccc1[N+](=O)[O-]. The number of nitrogens with one attached hydrogen (secondary N) is 1. The largest absolute Gasteiger partial charge is 0.320 e. The number of hydrogen-bond donors (Lipinski definition) is 1. The predicted octanol–water partition coefficient (Wildman–Crippen LogP) is 4.59. The number of thiazole rings is 1. The summed E-state index contributed by atoms with van der Waals surface area (Å²) in [5, 5.41) is 14.1. The van der Waals surface area contributed by atoms with Crippen LogP contribution in [0, 0.1) is 10.1 Å². The number of nitrogens with zero attached hydrogens (tertiary/aromatic N) is 2. The molecule has 0 spiro atoms. The Morgan fingerprint density at radius 2 is 2.12 bits per heavy atom. The van der Waals surface area contributed by atoms with Crippen LogP contribution in [0.2, 0.25) is 5.02 Å². The van der Waals surface area contributed by atoms with Crippen LogP contribution in [0.25, 0.3) is 10.2 Å². The molecule has 1 aromatic heterocycles. The molecule has 0 aliphatic heterocycles. The van der Waals surface area contributed by atoms with Crippen LogP contribution in [-0.2, 0) is 4.79 Å². The molecular formula is C15H10ClN3O3S2. The highest BCUT2D eigenvalue weighted by atomic mass is 35.5. The number of carbonyl (C=O) groups excluding carboxylic acids is 1. The summed E-state index contributed by atoms with van der Waals surface area (Å²) in [4.78, 5) is 26.8. The molecule has 122 valence electrons. The summed E-state index contributed by atoms with van der Waals surface area (Å²) < 4.78 is 1.73. The Bertz CT molecular complexity index is 929. The fourth-order valence-corrected chi connectivity index (χ4v) is 4.01. The van der Waals surface area contributed by atoms with Gasteiger partial charge in [0.25, 0.3) is 5.69 Å². The topological polar surface area (TPSA) is 85.1 Å². The van der Waals surface area contributed by atoms with Crippen molar-refractivity contribution in [2.45, 2.75) is 4.34 Å². The summed E-state index contributed by atoms with van der Waals surface area (Å²) in [6.45, 7) is 0. The summed E-state index contributed by atoms with van der Waals surface area (Å²) in [5.41, 5.74) is 0.837. The Labute approximate surface area is 150 Å². The highest BCUT2D eigenvalue weighted by Gasteiger charge is 2.15. The summed E-state index contributed by atoms with van der Waals surface area (Å²) in [5.74, 6) is -0.217. The number of para-hydroxylation sites is 2. The van der Waals surface area contributed by atoms with Crippen molar-refractivity contribution in [3.63, 3.8) is 0 Å². The second-order valence-electron chi connectivity index (χ2n) is 4.70. The molecule has 2 aromatic carbocycles. The molecule has 1 heterocycles. The average molecular weight is 380 g/mol. The first kappa shape index (κ1) is 16.7. The molecule has 0 bridgehead atoms. The number of fused-ring (bicyclic) bond motifs is 1. The predicted molar refractivity (Wildman–Crippen MR) is 97.1 cm³/mol.